The van der Waals surface area contributed by atoms with Crippen LogP contribution in [0.3, 0.4) is 0 Å². The first kappa shape index (κ1) is 13.4. The number of carbonyl (C=O) groups is 1. The molecule has 16 heavy (non-hydrogen) atoms. The van der Waals surface area contributed by atoms with E-state index in [0.29, 0.717) is 39.1 Å². The summed E-state index contributed by atoms with van der Waals surface area (Å²) in [7, 11) is -1.71. The van der Waals surface area contributed by atoms with Gasteiger partial charge in [-0.3, -0.25) is 4.79 Å². The molecule has 0 unspecified atom stereocenters. The summed E-state index contributed by atoms with van der Waals surface area (Å²) in [4.78, 5) is 13.0. The normalized spacial score (nSPS) is 19.6. The molecule has 1 rings (SSSR count). The van der Waals surface area contributed by atoms with Gasteiger partial charge < -0.3 is 9.64 Å². The highest BCUT2D eigenvalue weighted by Crippen LogP contribution is 2.06. The van der Waals surface area contributed by atoms with Crippen molar-refractivity contribution in [3.05, 3.63) is 0 Å². The fourth-order valence-corrected chi connectivity index (χ4v) is 2.46. The summed E-state index contributed by atoms with van der Waals surface area (Å²) in [5.41, 5.74) is 0. The number of piperazine rings is 1. The molecule has 0 spiro atoms. The van der Waals surface area contributed by atoms with E-state index in [4.69, 9.17) is 0 Å². The molecule has 94 valence electrons. The minimum Gasteiger partial charge on any atom is -0.469 e. The highest BCUT2D eigenvalue weighted by Gasteiger charge is 2.23. The maximum absolute atomic E-state index is 11.2. The summed E-state index contributed by atoms with van der Waals surface area (Å²) in [6.45, 7) is 2.97. The highest BCUT2D eigenvalue weighted by molar-refractivity contribution is 7.88. The molecule has 1 fully saturated rings. The molecule has 0 aromatic carbocycles. The van der Waals surface area contributed by atoms with E-state index >= 15 is 0 Å². The lowest BCUT2D eigenvalue weighted by atomic mass is 10.3. The smallest absolute Gasteiger partial charge is 0.306 e. The Kier molecular flexibility index (Phi) is 4.69. The molecule has 0 aliphatic carbocycles. The summed E-state index contributed by atoms with van der Waals surface area (Å²) in [6, 6.07) is 0. The Balaban J connectivity index is 2.30. The van der Waals surface area contributed by atoms with Crippen LogP contribution in [0.2, 0.25) is 0 Å². The largest absolute Gasteiger partial charge is 0.469 e. The van der Waals surface area contributed by atoms with Crippen LogP contribution in [0.1, 0.15) is 6.42 Å². The Morgan fingerprint density at radius 2 is 1.81 bits per heavy atom. The second-order valence-electron chi connectivity index (χ2n) is 3.83. The second kappa shape index (κ2) is 5.60. The summed E-state index contributed by atoms with van der Waals surface area (Å²) < 4.78 is 28.5. The molecule has 6 nitrogen and oxygen atoms in total. The van der Waals surface area contributed by atoms with Crippen LogP contribution in [-0.4, -0.2) is 69.7 Å². The number of methoxy groups -OCH3 is 1. The number of ether oxygens (including phenoxy) is 1. The topological polar surface area (TPSA) is 66.9 Å². The first-order valence-corrected chi connectivity index (χ1v) is 7.02. The lowest BCUT2D eigenvalue weighted by molar-refractivity contribution is -0.141. The van der Waals surface area contributed by atoms with E-state index in [2.05, 4.69) is 9.64 Å². The zero-order valence-corrected chi connectivity index (χ0v) is 10.5. The van der Waals surface area contributed by atoms with E-state index in [1.807, 2.05) is 0 Å². The SMILES string of the molecule is COC(=O)CCN1CCN(S(C)(=O)=O)CC1. The Bertz CT molecular complexity index is 333. The maximum atomic E-state index is 11.2. The third-order valence-electron chi connectivity index (χ3n) is 2.66. The van der Waals surface area contributed by atoms with Gasteiger partial charge in [-0.2, -0.15) is 4.31 Å². The summed E-state index contributed by atoms with van der Waals surface area (Å²) in [5, 5.41) is 0. The monoisotopic (exact) mass is 250 g/mol. The summed E-state index contributed by atoms with van der Waals surface area (Å²) >= 11 is 0. The average Bonchev–Trinajstić information content (AvgIpc) is 2.25. The Morgan fingerprint density at radius 1 is 1.25 bits per heavy atom. The molecule has 0 aromatic rings. The average molecular weight is 250 g/mol. The van der Waals surface area contributed by atoms with Crippen LogP contribution >= 0.6 is 0 Å². The van der Waals surface area contributed by atoms with Crippen molar-refractivity contribution in [1.82, 2.24) is 9.21 Å². The number of rotatable bonds is 4. The van der Waals surface area contributed by atoms with Gasteiger partial charge in [-0.15, -0.1) is 0 Å². The zero-order chi connectivity index (χ0) is 12.2. The first-order valence-electron chi connectivity index (χ1n) is 5.18. The second-order valence-corrected chi connectivity index (χ2v) is 5.81. The molecule has 1 aliphatic rings. The van der Waals surface area contributed by atoms with Gasteiger partial charge in [0.05, 0.1) is 19.8 Å². The van der Waals surface area contributed by atoms with Crippen molar-refractivity contribution in [2.24, 2.45) is 0 Å². The molecule has 7 heteroatoms. The lowest BCUT2D eigenvalue weighted by Crippen LogP contribution is -2.48. The Morgan fingerprint density at radius 3 is 2.25 bits per heavy atom. The molecule has 0 bridgehead atoms. The van der Waals surface area contributed by atoms with E-state index in [1.54, 1.807) is 0 Å². The lowest BCUT2D eigenvalue weighted by Gasteiger charge is -2.32. The molecule has 0 aromatic heterocycles. The molecule has 1 heterocycles. The van der Waals surface area contributed by atoms with Crippen LogP contribution in [0.4, 0.5) is 0 Å². The van der Waals surface area contributed by atoms with E-state index in [9.17, 15) is 13.2 Å². The van der Waals surface area contributed by atoms with Crippen molar-refractivity contribution in [3.8, 4) is 0 Å². The quantitative estimate of drug-likeness (QED) is 0.607. The number of hydrogen-bond acceptors (Lipinski definition) is 5. The molecule has 1 saturated heterocycles. The number of hydrogen-bond donors (Lipinski definition) is 0. The van der Waals surface area contributed by atoms with Crippen molar-refractivity contribution >= 4 is 16.0 Å². The van der Waals surface area contributed by atoms with Crippen molar-refractivity contribution in [1.29, 1.82) is 0 Å². The van der Waals surface area contributed by atoms with Gasteiger partial charge >= 0.3 is 5.97 Å². The highest BCUT2D eigenvalue weighted by atomic mass is 32.2. The van der Waals surface area contributed by atoms with Crippen LogP contribution < -0.4 is 0 Å². The van der Waals surface area contributed by atoms with Gasteiger partial charge in [-0.1, -0.05) is 0 Å². The van der Waals surface area contributed by atoms with Crippen molar-refractivity contribution in [2.45, 2.75) is 6.42 Å². The maximum Gasteiger partial charge on any atom is 0.306 e. The fraction of sp³-hybridized carbons (Fsp3) is 0.889. The molecule has 0 N–H and O–H groups in total. The molecular weight excluding hydrogens is 232 g/mol. The molecule has 0 amide bonds. The Hall–Kier alpha value is -0.660. The van der Waals surface area contributed by atoms with Crippen LogP contribution in [0.5, 0.6) is 0 Å². The van der Waals surface area contributed by atoms with E-state index in [-0.39, 0.29) is 5.97 Å². The van der Waals surface area contributed by atoms with Crippen molar-refractivity contribution in [2.75, 3.05) is 46.1 Å². The van der Waals surface area contributed by atoms with Gasteiger partial charge in [0, 0.05) is 32.7 Å². The van der Waals surface area contributed by atoms with Crippen LogP contribution in [-0.2, 0) is 19.6 Å². The summed E-state index contributed by atoms with van der Waals surface area (Å²) in [6.07, 6.45) is 1.58. The molecule has 0 atom stereocenters. The van der Waals surface area contributed by atoms with Crippen molar-refractivity contribution in [3.63, 3.8) is 0 Å². The van der Waals surface area contributed by atoms with Gasteiger partial charge in [0.15, 0.2) is 0 Å². The predicted molar refractivity (Wildman–Crippen MR) is 59.5 cm³/mol. The van der Waals surface area contributed by atoms with Gasteiger partial charge in [0.1, 0.15) is 0 Å². The van der Waals surface area contributed by atoms with E-state index < -0.39 is 10.0 Å². The molecule has 0 radical (unpaired) electrons. The summed E-state index contributed by atoms with van der Waals surface area (Å²) in [5.74, 6) is -0.231. The first-order chi connectivity index (χ1) is 7.43. The van der Waals surface area contributed by atoms with E-state index in [0.717, 1.165) is 0 Å². The van der Waals surface area contributed by atoms with E-state index in [1.165, 1.54) is 17.7 Å². The number of carbonyl (C=O) groups excluding carboxylic acids is 1. The third-order valence-corrected chi connectivity index (χ3v) is 3.96. The molecule has 1 aliphatic heterocycles. The number of nitrogens with zero attached hydrogens (tertiary/aromatic N) is 2. The van der Waals surface area contributed by atoms with Gasteiger partial charge in [0.2, 0.25) is 10.0 Å². The Labute approximate surface area is 96.2 Å². The van der Waals surface area contributed by atoms with Crippen LogP contribution in [0.25, 0.3) is 0 Å². The molecule has 0 saturated carbocycles. The number of esters is 1. The van der Waals surface area contributed by atoms with Crippen molar-refractivity contribution < 1.29 is 17.9 Å². The standard InChI is InChI=1S/C9H18N2O4S/c1-15-9(12)3-4-10-5-7-11(8-6-10)16(2,13)14/h3-8H2,1-2H3. The predicted octanol–water partition coefficient (Wildman–Crippen LogP) is -0.873. The van der Waals surface area contributed by atoms with Crippen LogP contribution in [0.15, 0.2) is 0 Å². The van der Waals surface area contributed by atoms with Crippen LogP contribution in [0, 0.1) is 0 Å². The minimum absolute atomic E-state index is 0.231. The fourth-order valence-electron chi connectivity index (χ4n) is 1.64. The number of sulfonamides is 1. The zero-order valence-electron chi connectivity index (χ0n) is 9.68. The van der Waals surface area contributed by atoms with Gasteiger partial charge in [0.25, 0.3) is 0 Å². The molecular formula is C9H18N2O4S. The third kappa shape index (κ3) is 4.07. The van der Waals surface area contributed by atoms with Gasteiger partial charge in [-0.25, -0.2) is 8.42 Å². The van der Waals surface area contributed by atoms with Gasteiger partial charge in [-0.05, 0) is 0 Å². The minimum atomic E-state index is -3.07.